The Bertz CT molecular complexity index is 165. The monoisotopic (exact) mass is 155 g/mol. The number of rotatable bonds is 3. The van der Waals surface area contributed by atoms with E-state index in [1.807, 2.05) is 0 Å². The van der Waals surface area contributed by atoms with E-state index < -0.39 is 0 Å². The molecule has 0 fully saturated rings. The van der Waals surface area contributed by atoms with Crippen LogP contribution < -0.4 is 4.90 Å². The third-order valence-electron chi connectivity index (χ3n) is 1.58. The highest BCUT2D eigenvalue weighted by Gasteiger charge is 1.99. The van der Waals surface area contributed by atoms with Crippen molar-refractivity contribution in [1.29, 1.82) is 0 Å². The van der Waals surface area contributed by atoms with Gasteiger partial charge in [0.05, 0.1) is 5.00 Å². The zero-order chi connectivity index (χ0) is 7.40. The molecular weight excluding hydrogens is 142 g/mol. The van der Waals surface area contributed by atoms with Gasteiger partial charge in [-0.05, 0) is 31.4 Å². The zero-order valence-electron chi connectivity index (χ0n) is 6.50. The maximum atomic E-state index is 2.35. The average Bonchev–Trinajstić information content (AvgIpc) is 2.43. The second-order valence-corrected chi connectivity index (χ2v) is 3.05. The third-order valence-corrected chi connectivity index (χ3v) is 2.51. The summed E-state index contributed by atoms with van der Waals surface area (Å²) >= 11 is 1.81. The van der Waals surface area contributed by atoms with Gasteiger partial charge in [0.25, 0.3) is 0 Å². The highest BCUT2D eigenvalue weighted by atomic mass is 32.1. The van der Waals surface area contributed by atoms with Crippen LogP contribution >= 0.6 is 11.3 Å². The van der Waals surface area contributed by atoms with Gasteiger partial charge in [0.1, 0.15) is 0 Å². The Hall–Kier alpha value is -0.500. The van der Waals surface area contributed by atoms with E-state index in [0.717, 1.165) is 13.1 Å². The molecule has 0 aliphatic carbocycles. The minimum Gasteiger partial charge on any atom is -0.364 e. The topological polar surface area (TPSA) is 3.24 Å². The van der Waals surface area contributed by atoms with E-state index in [0.29, 0.717) is 0 Å². The van der Waals surface area contributed by atoms with E-state index in [1.165, 1.54) is 5.00 Å². The number of hydrogen-bond donors (Lipinski definition) is 0. The molecule has 0 spiro atoms. The predicted octanol–water partition coefficient (Wildman–Crippen LogP) is 2.59. The Morgan fingerprint density at radius 2 is 2.10 bits per heavy atom. The van der Waals surface area contributed by atoms with Gasteiger partial charge in [-0.3, -0.25) is 0 Å². The molecule has 0 radical (unpaired) electrons. The molecule has 0 aromatic carbocycles. The lowest BCUT2D eigenvalue weighted by Crippen LogP contribution is -2.20. The molecule has 0 atom stereocenters. The molecule has 0 saturated heterocycles. The SMILES string of the molecule is CCN(CC)c1cccs1. The smallest absolute Gasteiger partial charge is 0.0908 e. The van der Waals surface area contributed by atoms with Gasteiger partial charge in [0, 0.05) is 13.1 Å². The number of anilines is 1. The van der Waals surface area contributed by atoms with Crippen LogP contribution in [0.15, 0.2) is 17.5 Å². The second-order valence-electron chi connectivity index (χ2n) is 2.12. The summed E-state index contributed by atoms with van der Waals surface area (Å²) in [4.78, 5) is 2.35. The van der Waals surface area contributed by atoms with Gasteiger partial charge in [-0.2, -0.15) is 0 Å². The van der Waals surface area contributed by atoms with Crippen LogP contribution in [0, 0.1) is 0 Å². The van der Waals surface area contributed by atoms with Crippen molar-refractivity contribution < 1.29 is 0 Å². The molecule has 0 saturated carbocycles. The van der Waals surface area contributed by atoms with Crippen molar-refractivity contribution in [3.63, 3.8) is 0 Å². The minimum atomic E-state index is 1.11. The zero-order valence-corrected chi connectivity index (χ0v) is 7.32. The van der Waals surface area contributed by atoms with E-state index in [9.17, 15) is 0 Å². The van der Waals surface area contributed by atoms with Crippen LogP contribution in [0.5, 0.6) is 0 Å². The van der Waals surface area contributed by atoms with E-state index in [2.05, 4.69) is 36.3 Å². The fourth-order valence-electron chi connectivity index (χ4n) is 0.985. The van der Waals surface area contributed by atoms with Gasteiger partial charge in [0.15, 0.2) is 0 Å². The molecule has 0 N–H and O–H groups in total. The molecule has 1 aromatic heterocycles. The molecule has 0 amide bonds. The number of hydrogen-bond acceptors (Lipinski definition) is 2. The normalized spacial score (nSPS) is 9.80. The molecule has 1 rings (SSSR count). The summed E-state index contributed by atoms with van der Waals surface area (Å²) in [5.41, 5.74) is 0. The second kappa shape index (κ2) is 3.62. The summed E-state index contributed by atoms with van der Waals surface area (Å²) in [5.74, 6) is 0. The van der Waals surface area contributed by atoms with Gasteiger partial charge in [-0.25, -0.2) is 0 Å². The number of nitrogens with zero attached hydrogens (tertiary/aromatic N) is 1. The maximum Gasteiger partial charge on any atom is 0.0908 e. The molecule has 2 heteroatoms. The quantitative estimate of drug-likeness (QED) is 0.648. The molecule has 0 aliphatic heterocycles. The summed E-state index contributed by atoms with van der Waals surface area (Å²) in [6.45, 7) is 6.58. The van der Waals surface area contributed by atoms with Crippen LogP contribution in [-0.2, 0) is 0 Å². The van der Waals surface area contributed by atoms with Crippen molar-refractivity contribution in [2.45, 2.75) is 13.8 Å². The lowest BCUT2D eigenvalue weighted by molar-refractivity contribution is 0.876. The standard InChI is InChI=1S/C8H13NS/c1-3-9(4-2)8-6-5-7-10-8/h5-7H,3-4H2,1-2H3. The van der Waals surface area contributed by atoms with Gasteiger partial charge in [0.2, 0.25) is 0 Å². The summed E-state index contributed by atoms with van der Waals surface area (Å²) < 4.78 is 0. The van der Waals surface area contributed by atoms with Gasteiger partial charge in [-0.1, -0.05) is 0 Å². The van der Waals surface area contributed by atoms with E-state index >= 15 is 0 Å². The summed E-state index contributed by atoms with van der Waals surface area (Å²) in [5, 5.41) is 3.50. The molecule has 1 heterocycles. The molecule has 1 aromatic rings. The molecule has 10 heavy (non-hydrogen) atoms. The summed E-state index contributed by atoms with van der Waals surface area (Å²) in [6, 6.07) is 4.26. The lowest BCUT2D eigenvalue weighted by atomic mass is 10.5. The van der Waals surface area contributed by atoms with Crippen LogP contribution in [0.25, 0.3) is 0 Å². The first-order valence-electron chi connectivity index (χ1n) is 3.67. The molecule has 1 nitrogen and oxygen atoms in total. The first-order valence-corrected chi connectivity index (χ1v) is 4.55. The van der Waals surface area contributed by atoms with Crippen molar-refractivity contribution in [3.8, 4) is 0 Å². The van der Waals surface area contributed by atoms with Crippen LogP contribution in [0.4, 0.5) is 5.00 Å². The Labute approximate surface area is 66.3 Å². The van der Waals surface area contributed by atoms with Crippen LogP contribution in [0.3, 0.4) is 0 Å². The fourth-order valence-corrected chi connectivity index (χ4v) is 1.85. The minimum absolute atomic E-state index is 1.11. The Morgan fingerprint density at radius 1 is 1.40 bits per heavy atom. The lowest BCUT2D eigenvalue weighted by Gasteiger charge is -2.17. The van der Waals surface area contributed by atoms with Crippen molar-refractivity contribution in [1.82, 2.24) is 0 Å². The Balaban J connectivity index is 2.64. The summed E-state index contributed by atoms with van der Waals surface area (Å²) in [7, 11) is 0. The maximum absolute atomic E-state index is 2.35. The van der Waals surface area contributed by atoms with E-state index in [-0.39, 0.29) is 0 Å². The van der Waals surface area contributed by atoms with Crippen molar-refractivity contribution in [3.05, 3.63) is 17.5 Å². The highest BCUT2D eigenvalue weighted by molar-refractivity contribution is 7.14. The molecular formula is C8H13NS. The predicted molar refractivity (Wildman–Crippen MR) is 47.9 cm³/mol. The Kier molecular flexibility index (Phi) is 2.75. The molecule has 0 bridgehead atoms. The fraction of sp³-hybridized carbons (Fsp3) is 0.500. The number of thiophene rings is 1. The summed E-state index contributed by atoms with van der Waals surface area (Å²) in [6.07, 6.45) is 0. The molecule has 0 aliphatic rings. The van der Waals surface area contributed by atoms with Crippen LogP contribution in [0.2, 0.25) is 0 Å². The highest BCUT2D eigenvalue weighted by Crippen LogP contribution is 2.19. The first kappa shape index (κ1) is 7.61. The average molecular weight is 155 g/mol. The van der Waals surface area contributed by atoms with Crippen molar-refractivity contribution in [2.75, 3.05) is 18.0 Å². The van der Waals surface area contributed by atoms with Gasteiger partial charge in [-0.15, -0.1) is 11.3 Å². The van der Waals surface area contributed by atoms with E-state index in [1.54, 1.807) is 11.3 Å². The molecule has 0 unspecified atom stereocenters. The van der Waals surface area contributed by atoms with Crippen LogP contribution in [0.1, 0.15) is 13.8 Å². The van der Waals surface area contributed by atoms with E-state index in [4.69, 9.17) is 0 Å². The third kappa shape index (κ3) is 1.51. The largest absolute Gasteiger partial charge is 0.364 e. The van der Waals surface area contributed by atoms with Crippen molar-refractivity contribution in [2.24, 2.45) is 0 Å². The van der Waals surface area contributed by atoms with Gasteiger partial charge >= 0.3 is 0 Å². The van der Waals surface area contributed by atoms with Crippen LogP contribution in [-0.4, -0.2) is 13.1 Å². The Morgan fingerprint density at radius 3 is 2.50 bits per heavy atom. The molecule has 56 valence electrons. The first-order chi connectivity index (χ1) is 4.88. The van der Waals surface area contributed by atoms with Gasteiger partial charge < -0.3 is 4.90 Å². The van der Waals surface area contributed by atoms with Crippen molar-refractivity contribution >= 4 is 16.3 Å².